The van der Waals surface area contributed by atoms with Gasteiger partial charge in [-0.15, -0.1) is 23.2 Å². The van der Waals surface area contributed by atoms with Crippen LogP contribution in [0.3, 0.4) is 0 Å². The van der Waals surface area contributed by atoms with Crippen molar-refractivity contribution in [2.75, 3.05) is 0 Å². The van der Waals surface area contributed by atoms with Crippen LogP contribution in [0.25, 0.3) is 0 Å². The van der Waals surface area contributed by atoms with Crippen LogP contribution < -0.4 is 0 Å². The van der Waals surface area contributed by atoms with Crippen LogP contribution in [-0.2, 0) is 4.79 Å². The van der Waals surface area contributed by atoms with Gasteiger partial charge in [0.15, 0.2) is 0 Å². The molecule has 0 spiro atoms. The summed E-state index contributed by atoms with van der Waals surface area (Å²) in [6, 6.07) is 6.79. The minimum absolute atomic E-state index is 0.508. The summed E-state index contributed by atoms with van der Waals surface area (Å²) in [5.74, 6) is 0. The summed E-state index contributed by atoms with van der Waals surface area (Å²) >= 11 is 11.2. The summed E-state index contributed by atoms with van der Waals surface area (Å²) in [6.45, 7) is 0. The van der Waals surface area contributed by atoms with Gasteiger partial charge in [-0.1, -0.05) is 12.1 Å². The molecular formula is C8H5Cl2NO. The average Bonchev–Trinajstić information content (AvgIpc) is 2.05. The predicted molar refractivity (Wildman–Crippen MR) is 48.7 cm³/mol. The zero-order chi connectivity index (χ0) is 8.97. The van der Waals surface area contributed by atoms with Gasteiger partial charge in [-0.2, -0.15) is 4.99 Å². The smallest absolute Gasteiger partial charge is 0.211 e. The molecule has 0 bridgehead atoms. The van der Waals surface area contributed by atoms with Crippen LogP contribution in [0.15, 0.2) is 29.3 Å². The quantitative estimate of drug-likeness (QED) is 0.411. The highest BCUT2D eigenvalue weighted by Gasteiger charge is 2.02. The first kappa shape index (κ1) is 9.27. The molecule has 4 heteroatoms. The fraction of sp³-hybridized carbons (Fsp3) is 0.125. The maximum absolute atomic E-state index is 9.90. The lowest BCUT2D eigenvalue weighted by Crippen LogP contribution is -1.78. The van der Waals surface area contributed by atoms with Crippen molar-refractivity contribution in [1.29, 1.82) is 0 Å². The third kappa shape index (κ3) is 2.35. The zero-order valence-corrected chi connectivity index (χ0v) is 7.51. The molecule has 0 aliphatic carbocycles. The SMILES string of the molecule is O=C=Nc1cccc(C(Cl)Cl)c1. The lowest BCUT2D eigenvalue weighted by molar-refractivity contribution is 0.565. The summed E-state index contributed by atoms with van der Waals surface area (Å²) in [4.78, 5) is 12.7. The molecule has 0 heterocycles. The van der Waals surface area contributed by atoms with Gasteiger partial charge in [0.1, 0.15) is 4.84 Å². The third-order valence-corrected chi connectivity index (χ3v) is 1.80. The Balaban J connectivity index is 3.03. The van der Waals surface area contributed by atoms with E-state index in [1.54, 1.807) is 24.3 Å². The Morgan fingerprint density at radius 2 is 2.17 bits per heavy atom. The predicted octanol–water partition coefficient (Wildman–Crippen LogP) is 3.13. The fourth-order valence-electron chi connectivity index (χ4n) is 0.783. The summed E-state index contributed by atoms with van der Waals surface area (Å²) in [5, 5.41) is 0. The second-order valence-corrected chi connectivity index (χ2v) is 3.20. The summed E-state index contributed by atoms with van der Waals surface area (Å²) < 4.78 is 0. The van der Waals surface area contributed by atoms with Gasteiger partial charge in [-0.05, 0) is 17.7 Å². The number of halogens is 2. The first-order chi connectivity index (χ1) is 5.74. The second-order valence-electron chi connectivity index (χ2n) is 2.10. The highest BCUT2D eigenvalue weighted by Crippen LogP contribution is 2.27. The Bertz CT molecular complexity index is 319. The lowest BCUT2D eigenvalue weighted by Gasteiger charge is -2.00. The van der Waals surface area contributed by atoms with E-state index in [0.717, 1.165) is 5.56 Å². The molecule has 1 aromatic carbocycles. The Labute approximate surface area is 79.8 Å². The van der Waals surface area contributed by atoms with Crippen LogP contribution in [0.2, 0.25) is 0 Å². The van der Waals surface area contributed by atoms with E-state index in [2.05, 4.69) is 4.99 Å². The molecule has 0 radical (unpaired) electrons. The molecule has 0 atom stereocenters. The molecule has 0 aromatic heterocycles. The Kier molecular flexibility index (Phi) is 3.30. The minimum Gasteiger partial charge on any atom is -0.211 e. The van der Waals surface area contributed by atoms with Crippen LogP contribution >= 0.6 is 23.2 Å². The van der Waals surface area contributed by atoms with Crippen LogP contribution in [0.1, 0.15) is 10.4 Å². The average molecular weight is 202 g/mol. The fourth-order valence-corrected chi connectivity index (χ4v) is 1.05. The normalized spacial score (nSPS) is 9.58. The Hall–Kier alpha value is -0.820. The lowest BCUT2D eigenvalue weighted by atomic mass is 10.2. The van der Waals surface area contributed by atoms with Crippen LogP contribution in [-0.4, -0.2) is 6.08 Å². The number of isocyanates is 1. The van der Waals surface area contributed by atoms with Crippen molar-refractivity contribution in [3.05, 3.63) is 29.8 Å². The van der Waals surface area contributed by atoms with Crippen molar-refractivity contribution in [3.63, 3.8) is 0 Å². The zero-order valence-electron chi connectivity index (χ0n) is 6.00. The number of alkyl halides is 2. The maximum Gasteiger partial charge on any atom is 0.240 e. The van der Waals surface area contributed by atoms with Gasteiger partial charge in [0.2, 0.25) is 6.08 Å². The number of aliphatic imine (C=N–C) groups is 1. The van der Waals surface area contributed by atoms with E-state index >= 15 is 0 Å². The Morgan fingerprint density at radius 1 is 1.42 bits per heavy atom. The molecular weight excluding hydrogens is 197 g/mol. The molecule has 62 valence electrons. The van der Waals surface area contributed by atoms with E-state index in [-0.39, 0.29) is 0 Å². The maximum atomic E-state index is 9.90. The van der Waals surface area contributed by atoms with E-state index in [0.29, 0.717) is 5.69 Å². The standard InChI is InChI=1S/C8H5Cl2NO/c9-8(10)6-2-1-3-7(4-6)11-5-12/h1-4,8H. The summed E-state index contributed by atoms with van der Waals surface area (Å²) in [7, 11) is 0. The van der Waals surface area contributed by atoms with E-state index < -0.39 is 4.84 Å². The second kappa shape index (κ2) is 4.27. The van der Waals surface area contributed by atoms with Gasteiger partial charge in [-0.3, -0.25) is 0 Å². The summed E-state index contributed by atoms with van der Waals surface area (Å²) in [6.07, 6.45) is 1.44. The van der Waals surface area contributed by atoms with Crippen LogP contribution in [0, 0.1) is 0 Å². The number of hydrogen-bond donors (Lipinski definition) is 0. The monoisotopic (exact) mass is 201 g/mol. The van der Waals surface area contributed by atoms with E-state index in [9.17, 15) is 4.79 Å². The molecule has 0 fully saturated rings. The van der Waals surface area contributed by atoms with E-state index in [1.807, 2.05) is 0 Å². The molecule has 0 aliphatic rings. The minimum atomic E-state index is -0.591. The van der Waals surface area contributed by atoms with Gasteiger partial charge in [0.05, 0.1) is 5.69 Å². The number of nitrogens with zero attached hydrogens (tertiary/aromatic N) is 1. The number of benzene rings is 1. The van der Waals surface area contributed by atoms with Crippen LogP contribution in [0.4, 0.5) is 5.69 Å². The van der Waals surface area contributed by atoms with Gasteiger partial charge < -0.3 is 0 Å². The highest BCUT2D eigenvalue weighted by atomic mass is 35.5. The first-order valence-electron chi connectivity index (χ1n) is 3.20. The van der Waals surface area contributed by atoms with Crippen LogP contribution in [0.5, 0.6) is 0 Å². The molecule has 0 aliphatic heterocycles. The molecule has 0 N–H and O–H groups in total. The molecule has 0 saturated heterocycles. The van der Waals surface area contributed by atoms with Gasteiger partial charge >= 0.3 is 0 Å². The van der Waals surface area contributed by atoms with E-state index in [1.165, 1.54) is 6.08 Å². The molecule has 0 saturated carbocycles. The van der Waals surface area contributed by atoms with Crippen molar-refractivity contribution in [2.24, 2.45) is 4.99 Å². The molecule has 2 nitrogen and oxygen atoms in total. The first-order valence-corrected chi connectivity index (χ1v) is 4.07. The highest BCUT2D eigenvalue weighted by molar-refractivity contribution is 6.44. The largest absolute Gasteiger partial charge is 0.240 e. The van der Waals surface area contributed by atoms with Crippen molar-refractivity contribution in [1.82, 2.24) is 0 Å². The molecule has 1 rings (SSSR count). The van der Waals surface area contributed by atoms with Crippen molar-refractivity contribution in [2.45, 2.75) is 4.84 Å². The topological polar surface area (TPSA) is 29.4 Å². The number of rotatable bonds is 2. The van der Waals surface area contributed by atoms with Crippen molar-refractivity contribution < 1.29 is 4.79 Å². The number of carbonyl (C=O) groups excluding carboxylic acids is 1. The molecule has 1 aromatic rings. The van der Waals surface area contributed by atoms with Gasteiger partial charge in [-0.25, -0.2) is 4.79 Å². The molecule has 0 amide bonds. The van der Waals surface area contributed by atoms with Gasteiger partial charge in [0.25, 0.3) is 0 Å². The number of hydrogen-bond acceptors (Lipinski definition) is 2. The Morgan fingerprint density at radius 3 is 2.75 bits per heavy atom. The van der Waals surface area contributed by atoms with E-state index in [4.69, 9.17) is 23.2 Å². The third-order valence-electron chi connectivity index (χ3n) is 1.30. The molecule has 12 heavy (non-hydrogen) atoms. The van der Waals surface area contributed by atoms with Crippen molar-refractivity contribution in [3.8, 4) is 0 Å². The molecule has 0 unspecified atom stereocenters. The van der Waals surface area contributed by atoms with Gasteiger partial charge in [0, 0.05) is 0 Å². The van der Waals surface area contributed by atoms with Crippen molar-refractivity contribution >= 4 is 35.0 Å². The summed E-state index contributed by atoms with van der Waals surface area (Å²) in [5.41, 5.74) is 1.23.